The van der Waals surface area contributed by atoms with Gasteiger partial charge in [-0.1, -0.05) is 13.8 Å². The number of hydrogen-bond acceptors (Lipinski definition) is 3. The van der Waals surface area contributed by atoms with Crippen LogP contribution in [0.25, 0.3) is 0 Å². The van der Waals surface area contributed by atoms with Crippen molar-refractivity contribution in [3.63, 3.8) is 0 Å². The van der Waals surface area contributed by atoms with E-state index in [1.165, 1.54) is 51.7 Å². The smallest absolute Gasteiger partial charge is 0.0363 e. The standard InChI is InChI=1S/C18H28N2S/c1-13(2)17-12-19-9-4-5-14(19)11-20(17)16-6-3-7-18-15(16)8-10-21-18/h8,10,13-14,16-17H,3-7,9,11-12H2,1-2H3. The highest BCUT2D eigenvalue weighted by atomic mass is 32.1. The van der Waals surface area contributed by atoms with Crippen LogP contribution in [-0.4, -0.2) is 41.5 Å². The third kappa shape index (κ3) is 2.47. The summed E-state index contributed by atoms with van der Waals surface area (Å²) in [5, 5.41) is 2.32. The second-order valence-electron chi connectivity index (χ2n) is 7.51. The lowest BCUT2D eigenvalue weighted by Gasteiger charge is -2.49. The van der Waals surface area contributed by atoms with Gasteiger partial charge >= 0.3 is 0 Å². The molecule has 0 bridgehead atoms. The molecule has 3 unspecified atom stereocenters. The van der Waals surface area contributed by atoms with Crippen molar-refractivity contribution < 1.29 is 0 Å². The van der Waals surface area contributed by atoms with Gasteiger partial charge in [0.15, 0.2) is 0 Å². The quantitative estimate of drug-likeness (QED) is 0.817. The van der Waals surface area contributed by atoms with Gasteiger partial charge in [-0.05, 0) is 61.6 Å². The molecule has 3 aliphatic rings. The summed E-state index contributed by atoms with van der Waals surface area (Å²) in [4.78, 5) is 7.35. The second-order valence-corrected chi connectivity index (χ2v) is 8.51. The molecule has 0 aromatic carbocycles. The van der Waals surface area contributed by atoms with E-state index in [1.54, 1.807) is 10.4 Å². The van der Waals surface area contributed by atoms with Crippen molar-refractivity contribution >= 4 is 11.3 Å². The number of rotatable bonds is 2. The van der Waals surface area contributed by atoms with Crippen molar-refractivity contribution in [2.75, 3.05) is 19.6 Å². The molecule has 2 fully saturated rings. The molecule has 21 heavy (non-hydrogen) atoms. The molecule has 1 aromatic rings. The summed E-state index contributed by atoms with van der Waals surface area (Å²) in [6, 6.07) is 4.71. The summed E-state index contributed by atoms with van der Waals surface area (Å²) in [5.74, 6) is 0.760. The molecular weight excluding hydrogens is 276 g/mol. The minimum atomic E-state index is 0.704. The topological polar surface area (TPSA) is 6.48 Å². The zero-order chi connectivity index (χ0) is 14.4. The van der Waals surface area contributed by atoms with Gasteiger partial charge in [0.2, 0.25) is 0 Å². The summed E-state index contributed by atoms with van der Waals surface area (Å²) < 4.78 is 0. The van der Waals surface area contributed by atoms with Crippen LogP contribution < -0.4 is 0 Å². The fourth-order valence-corrected chi connectivity index (χ4v) is 5.81. The van der Waals surface area contributed by atoms with E-state index >= 15 is 0 Å². The van der Waals surface area contributed by atoms with Gasteiger partial charge in [0.05, 0.1) is 0 Å². The second kappa shape index (κ2) is 5.68. The highest BCUT2D eigenvalue weighted by molar-refractivity contribution is 7.10. The lowest BCUT2D eigenvalue weighted by atomic mass is 9.88. The Labute approximate surface area is 133 Å². The maximum absolute atomic E-state index is 2.90. The van der Waals surface area contributed by atoms with Crippen molar-refractivity contribution in [2.45, 2.75) is 64.1 Å². The Hall–Kier alpha value is -0.380. The largest absolute Gasteiger partial charge is 0.298 e. The average Bonchev–Trinajstić information content (AvgIpc) is 3.13. The molecule has 4 rings (SSSR count). The molecule has 2 nitrogen and oxygen atoms in total. The molecule has 3 heteroatoms. The molecule has 1 aromatic heterocycles. The fraction of sp³-hybridized carbons (Fsp3) is 0.778. The van der Waals surface area contributed by atoms with Crippen LogP contribution in [0.15, 0.2) is 11.4 Å². The van der Waals surface area contributed by atoms with E-state index in [9.17, 15) is 0 Å². The van der Waals surface area contributed by atoms with Crippen molar-refractivity contribution in [2.24, 2.45) is 5.92 Å². The van der Waals surface area contributed by atoms with Crippen molar-refractivity contribution in [1.29, 1.82) is 0 Å². The highest BCUT2D eigenvalue weighted by Gasteiger charge is 2.41. The number of nitrogens with zero attached hydrogens (tertiary/aromatic N) is 2. The van der Waals surface area contributed by atoms with E-state index in [0.29, 0.717) is 6.04 Å². The Balaban J connectivity index is 1.63. The lowest BCUT2D eigenvalue weighted by Crippen LogP contribution is -2.58. The first-order valence-electron chi connectivity index (χ1n) is 8.80. The van der Waals surface area contributed by atoms with Crippen LogP contribution in [0, 0.1) is 5.92 Å². The van der Waals surface area contributed by atoms with E-state index in [1.807, 2.05) is 11.3 Å². The van der Waals surface area contributed by atoms with Gasteiger partial charge in [0.1, 0.15) is 0 Å². The predicted octanol–water partition coefficient (Wildman–Crippen LogP) is 3.93. The molecular formula is C18H28N2S. The van der Waals surface area contributed by atoms with E-state index in [0.717, 1.165) is 18.0 Å². The molecule has 2 saturated heterocycles. The van der Waals surface area contributed by atoms with Crippen LogP contribution in [0.1, 0.15) is 56.0 Å². The van der Waals surface area contributed by atoms with Gasteiger partial charge in [0.25, 0.3) is 0 Å². The molecule has 3 atom stereocenters. The zero-order valence-corrected chi connectivity index (χ0v) is 14.2. The minimum absolute atomic E-state index is 0.704. The van der Waals surface area contributed by atoms with Crippen molar-refractivity contribution in [3.8, 4) is 0 Å². The molecule has 0 saturated carbocycles. The van der Waals surface area contributed by atoms with Crippen LogP contribution in [0.2, 0.25) is 0 Å². The summed E-state index contributed by atoms with van der Waals surface area (Å²) >= 11 is 1.99. The van der Waals surface area contributed by atoms with E-state index < -0.39 is 0 Å². The van der Waals surface area contributed by atoms with E-state index in [4.69, 9.17) is 0 Å². The molecule has 0 N–H and O–H groups in total. The highest BCUT2D eigenvalue weighted by Crippen LogP contribution is 2.41. The van der Waals surface area contributed by atoms with Crippen LogP contribution in [-0.2, 0) is 6.42 Å². The predicted molar refractivity (Wildman–Crippen MR) is 89.9 cm³/mol. The maximum Gasteiger partial charge on any atom is 0.0363 e. The van der Waals surface area contributed by atoms with Crippen LogP contribution in [0.4, 0.5) is 0 Å². The third-order valence-electron chi connectivity index (χ3n) is 5.96. The first kappa shape index (κ1) is 14.2. The number of hydrogen-bond donors (Lipinski definition) is 0. The van der Waals surface area contributed by atoms with Crippen LogP contribution >= 0.6 is 11.3 Å². The van der Waals surface area contributed by atoms with E-state index in [-0.39, 0.29) is 0 Å². The minimum Gasteiger partial charge on any atom is -0.298 e. The Morgan fingerprint density at radius 2 is 2.10 bits per heavy atom. The SMILES string of the molecule is CC(C)C1CN2CCCC2CN1C1CCCc2sccc21. The zero-order valence-electron chi connectivity index (χ0n) is 13.4. The van der Waals surface area contributed by atoms with Gasteiger partial charge in [-0.2, -0.15) is 0 Å². The Morgan fingerprint density at radius 1 is 1.19 bits per heavy atom. The summed E-state index contributed by atoms with van der Waals surface area (Å²) in [7, 11) is 0. The summed E-state index contributed by atoms with van der Waals surface area (Å²) in [6.07, 6.45) is 6.91. The lowest BCUT2D eigenvalue weighted by molar-refractivity contribution is -0.00529. The van der Waals surface area contributed by atoms with Crippen molar-refractivity contribution in [1.82, 2.24) is 9.80 Å². The van der Waals surface area contributed by atoms with Gasteiger partial charge in [-0.25, -0.2) is 0 Å². The summed E-state index contributed by atoms with van der Waals surface area (Å²) in [5.41, 5.74) is 1.67. The first-order valence-corrected chi connectivity index (χ1v) is 9.68. The average molecular weight is 305 g/mol. The molecule has 0 amide bonds. The first-order chi connectivity index (χ1) is 10.2. The van der Waals surface area contributed by atoms with Gasteiger partial charge in [-0.15, -0.1) is 11.3 Å². The molecule has 0 radical (unpaired) electrons. The Kier molecular flexibility index (Phi) is 3.85. The number of piperazine rings is 1. The fourth-order valence-electron chi connectivity index (χ4n) is 4.82. The molecule has 1 aliphatic carbocycles. The van der Waals surface area contributed by atoms with Crippen LogP contribution in [0.5, 0.6) is 0 Å². The maximum atomic E-state index is 2.90. The number of thiophene rings is 1. The third-order valence-corrected chi connectivity index (χ3v) is 6.95. The molecule has 2 aliphatic heterocycles. The molecule has 3 heterocycles. The van der Waals surface area contributed by atoms with E-state index in [2.05, 4.69) is 35.1 Å². The monoisotopic (exact) mass is 304 g/mol. The summed E-state index contributed by atoms with van der Waals surface area (Å²) in [6.45, 7) is 8.80. The van der Waals surface area contributed by atoms with Gasteiger partial charge in [-0.3, -0.25) is 9.80 Å². The number of aryl methyl sites for hydroxylation is 1. The van der Waals surface area contributed by atoms with Gasteiger partial charge in [0, 0.05) is 36.1 Å². The Morgan fingerprint density at radius 3 is 2.95 bits per heavy atom. The Bertz CT molecular complexity index is 495. The molecule has 0 spiro atoms. The van der Waals surface area contributed by atoms with Crippen molar-refractivity contribution in [3.05, 3.63) is 21.9 Å². The molecule has 116 valence electrons. The van der Waals surface area contributed by atoms with Gasteiger partial charge < -0.3 is 0 Å². The van der Waals surface area contributed by atoms with Crippen LogP contribution in [0.3, 0.4) is 0 Å². The number of fused-ring (bicyclic) bond motifs is 2. The normalized spacial score (nSPS) is 34.1.